The summed E-state index contributed by atoms with van der Waals surface area (Å²) in [6.45, 7) is 3.68. The van der Waals surface area contributed by atoms with Gasteiger partial charge in [0.25, 0.3) is 0 Å². The number of ether oxygens (including phenoxy) is 3. The van der Waals surface area contributed by atoms with Crippen molar-refractivity contribution in [1.82, 2.24) is 5.48 Å². The lowest BCUT2D eigenvalue weighted by atomic mass is 9.92. The van der Waals surface area contributed by atoms with E-state index in [-0.39, 0.29) is 38.4 Å². The SMILES string of the molecule is CC1(C)OCC(CCc2ccc(OCCCc3ccc(C(F)(F)F)cc3)c(C(F)(F)F)c2)(NO)CO1. The molecule has 2 N–H and O–H groups in total. The molecule has 2 aromatic rings. The van der Waals surface area contributed by atoms with Crippen LogP contribution in [0.1, 0.15) is 48.9 Å². The monoisotopic (exact) mass is 521 g/mol. The van der Waals surface area contributed by atoms with Gasteiger partial charge in [-0.2, -0.15) is 31.8 Å². The normalized spacial score (nSPS) is 17.7. The third-order valence-corrected chi connectivity index (χ3v) is 6.02. The molecule has 11 heteroatoms. The van der Waals surface area contributed by atoms with Crippen LogP contribution in [0, 0.1) is 0 Å². The second-order valence-electron chi connectivity index (χ2n) is 9.34. The van der Waals surface area contributed by atoms with Crippen molar-refractivity contribution in [2.75, 3.05) is 19.8 Å². The van der Waals surface area contributed by atoms with Gasteiger partial charge in [-0.05, 0) is 74.9 Å². The van der Waals surface area contributed by atoms with E-state index >= 15 is 0 Å². The van der Waals surface area contributed by atoms with Crippen LogP contribution < -0.4 is 10.2 Å². The summed E-state index contributed by atoms with van der Waals surface area (Å²) >= 11 is 0. The Balaban J connectivity index is 1.59. The fourth-order valence-electron chi connectivity index (χ4n) is 3.75. The number of hydroxylamine groups is 1. The van der Waals surface area contributed by atoms with Crippen molar-refractivity contribution in [3.05, 3.63) is 64.7 Å². The molecule has 0 atom stereocenters. The van der Waals surface area contributed by atoms with Crippen LogP contribution in [0.25, 0.3) is 0 Å². The number of hydrogen-bond acceptors (Lipinski definition) is 5. The van der Waals surface area contributed by atoms with Crippen molar-refractivity contribution < 1.29 is 45.8 Å². The van der Waals surface area contributed by atoms with Crippen LogP contribution in [0.4, 0.5) is 26.3 Å². The van der Waals surface area contributed by atoms with Gasteiger partial charge in [0.05, 0.1) is 36.5 Å². The van der Waals surface area contributed by atoms with E-state index < -0.39 is 34.8 Å². The highest BCUT2D eigenvalue weighted by Crippen LogP contribution is 2.38. The van der Waals surface area contributed by atoms with Crippen molar-refractivity contribution in [3.63, 3.8) is 0 Å². The minimum atomic E-state index is -4.65. The van der Waals surface area contributed by atoms with Crippen LogP contribution in [0.2, 0.25) is 0 Å². The van der Waals surface area contributed by atoms with Crippen LogP contribution >= 0.6 is 0 Å². The van der Waals surface area contributed by atoms with E-state index in [4.69, 9.17) is 14.2 Å². The Bertz CT molecular complexity index is 995. The number of halogens is 6. The first-order valence-electron chi connectivity index (χ1n) is 11.4. The Morgan fingerprint density at radius 2 is 1.50 bits per heavy atom. The summed E-state index contributed by atoms with van der Waals surface area (Å²) in [5.41, 5.74) is 0.597. The number of nitrogens with one attached hydrogen (secondary N) is 1. The van der Waals surface area contributed by atoms with Gasteiger partial charge in [-0.3, -0.25) is 0 Å². The van der Waals surface area contributed by atoms with Gasteiger partial charge in [-0.1, -0.05) is 18.2 Å². The second kappa shape index (κ2) is 11.0. The van der Waals surface area contributed by atoms with Crippen molar-refractivity contribution in [1.29, 1.82) is 0 Å². The van der Waals surface area contributed by atoms with E-state index in [1.54, 1.807) is 13.8 Å². The summed E-state index contributed by atoms with van der Waals surface area (Å²) in [5, 5.41) is 9.61. The van der Waals surface area contributed by atoms with Gasteiger partial charge in [-0.25, -0.2) is 0 Å². The molecule has 3 rings (SSSR count). The van der Waals surface area contributed by atoms with Crippen LogP contribution in [0.15, 0.2) is 42.5 Å². The van der Waals surface area contributed by atoms with Crippen LogP contribution in [-0.2, 0) is 34.7 Å². The Morgan fingerprint density at radius 1 is 0.889 bits per heavy atom. The minimum absolute atomic E-state index is 0.0363. The van der Waals surface area contributed by atoms with Gasteiger partial charge in [0, 0.05) is 0 Å². The molecule has 1 fully saturated rings. The van der Waals surface area contributed by atoms with Crippen molar-refractivity contribution in [2.24, 2.45) is 0 Å². The molecule has 0 amide bonds. The average molecular weight is 521 g/mol. The molecule has 200 valence electrons. The predicted molar refractivity (Wildman–Crippen MR) is 119 cm³/mol. The smallest absolute Gasteiger partial charge is 0.419 e. The molecule has 0 radical (unpaired) electrons. The van der Waals surface area contributed by atoms with Crippen molar-refractivity contribution >= 4 is 0 Å². The van der Waals surface area contributed by atoms with E-state index in [0.29, 0.717) is 24.0 Å². The lowest BCUT2D eigenvalue weighted by Crippen LogP contribution is -2.58. The summed E-state index contributed by atoms with van der Waals surface area (Å²) in [5.74, 6) is -1.13. The lowest BCUT2D eigenvalue weighted by molar-refractivity contribution is -0.282. The zero-order chi connectivity index (χ0) is 26.6. The highest BCUT2D eigenvalue weighted by Gasteiger charge is 2.40. The molecule has 1 aliphatic rings. The number of aryl methyl sites for hydroxylation is 2. The summed E-state index contributed by atoms with van der Waals surface area (Å²) < 4.78 is 95.5. The molecular formula is C25H29F6NO4. The van der Waals surface area contributed by atoms with Crippen LogP contribution in [-0.4, -0.2) is 36.4 Å². The first kappa shape index (κ1) is 28.2. The zero-order valence-corrected chi connectivity index (χ0v) is 19.9. The van der Waals surface area contributed by atoms with Gasteiger partial charge in [-0.15, -0.1) is 0 Å². The van der Waals surface area contributed by atoms with Crippen molar-refractivity contribution in [3.8, 4) is 5.75 Å². The van der Waals surface area contributed by atoms with Crippen molar-refractivity contribution in [2.45, 2.75) is 63.2 Å². The molecule has 0 bridgehead atoms. The molecule has 36 heavy (non-hydrogen) atoms. The topological polar surface area (TPSA) is 60.0 Å². The summed E-state index contributed by atoms with van der Waals surface area (Å²) in [4.78, 5) is 0. The van der Waals surface area contributed by atoms with Gasteiger partial charge in [0.1, 0.15) is 5.75 Å². The standard InChI is InChI=1S/C25H29F6NO4/c1-22(2)35-15-23(32-33,16-36-22)12-11-18-7-10-21(20(14-18)25(29,30)31)34-13-3-4-17-5-8-19(9-6-17)24(26,27)28/h5-10,14,32-33H,3-4,11-13,15-16H2,1-2H3. The first-order valence-corrected chi connectivity index (χ1v) is 11.4. The zero-order valence-electron chi connectivity index (χ0n) is 19.9. The largest absolute Gasteiger partial charge is 0.493 e. The third kappa shape index (κ3) is 7.58. The molecule has 5 nitrogen and oxygen atoms in total. The maximum Gasteiger partial charge on any atom is 0.419 e. The van der Waals surface area contributed by atoms with Gasteiger partial charge >= 0.3 is 12.4 Å². The molecule has 0 spiro atoms. The van der Waals surface area contributed by atoms with Gasteiger partial charge in [0.2, 0.25) is 0 Å². The quantitative estimate of drug-likeness (QED) is 0.235. The highest BCUT2D eigenvalue weighted by molar-refractivity contribution is 5.39. The number of benzene rings is 2. The molecule has 1 aliphatic heterocycles. The van der Waals surface area contributed by atoms with Gasteiger partial charge in [0.15, 0.2) is 5.79 Å². The minimum Gasteiger partial charge on any atom is -0.493 e. The number of rotatable bonds is 9. The van der Waals surface area contributed by atoms with Gasteiger partial charge < -0.3 is 19.4 Å². The van der Waals surface area contributed by atoms with E-state index in [1.807, 2.05) is 0 Å². The molecule has 1 saturated heterocycles. The molecule has 2 aromatic carbocycles. The van der Waals surface area contributed by atoms with E-state index in [1.165, 1.54) is 24.3 Å². The Kier molecular flexibility index (Phi) is 8.59. The Labute approximate surface area is 205 Å². The fraction of sp³-hybridized carbons (Fsp3) is 0.520. The van der Waals surface area contributed by atoms with Crippen LogP contribution in [0.5, 0.6) is 5.75 Å². The van der Waals surface area contributed by atoms with E-state index in [9.17, 15) is 31.5 Å². The predicted octanol–water partition coefficient (Wildman–Crippen LogP) is 6.17. The lowest BCUT2D eigenvalue weighted by Gasteiger charge is -2.42. The molecule has 0 aromatic heterocycles. The summed E-state index contributed by atoms with van der Waals surface area (Å²) in [6.07, 6.45) is -7.90. The molecule has 1 heterocycles. The Morgan fingerprint density at radius 3 is 2.06 bits per heavy atom. The summed E-state index contributed by atoms with van der Waals surface area (Å²) in [6, 6.07) is 8.43. The number of hydrogen-bond donors (Lipinski definition) is 2. The van der Waals surface area contributed by atoms with E-state index in [0.717, 1.165) is 18.2 Å². The first-order chi connectivity index (χ1) is 16.7. The number of alkyl halides is 6. The molecule has 0 unspecified atom stereocenters. The fourth-order valence-corrected chi connectivity index (χ4v) is 3.75. The molecular weight excluding hydrogens is 492 g/mol. The average Bonchev–Trinajstić information content (AvgIpc) is 2.81. The highest BCUT2D eigenvalue weighted by atomic mass is 19.4. The second-order valence-corrected chi connectivity index (χ2v) is 9.34. The van der Waals surface area contributed by atoms with Crippen LogP contribution in [0.3, 0.4) is 0 Å². The molecule has 0 aliphatic carbocycles. The molecule has 0 saturated carbocycles. The Hall–Kier alpha value is -2.34. The maximum absolute atomic E-state index is 13.7. The maximum atomic E-state index is 13.7. The third-order valence-electron chi connectivity index (χ3n) is 6.02. The van der Waals surface area contributed by atoms with E-state index in [2.05, 4.69) is 5.48 Å². The summed E-state index contributed by atoms with van der Waals surface area (Å²) in [7, 11) is 0.